The van der Waals surface area contributed by atoms with Crippen LogP contribution in [-0.2, 0) is 11.3 Å². The minimum absolute atomic E-state index is 0.398. The molecule has 0 saturated carbocycles. The largest absolute Gasteiger partial charge is 0.444 e. The molecule has 1 amide bonds. The van der Waals surface area contributed by atoms with Gasteiger partial charge in [0.2, 0.25) is 0 Å². The highest BCUT2D eigenvalue weighted by molar-refractivity contribution is 5.70. The van der Waals surface area contributed by atoms with Crippen LogP contribution in [0.25, 0.3) is 12.2 Å². The molecule has 3 nitrogen and oxygen atoms in total. The molecule has 2 aromatic rings. The van der Waals surface area contributed by atoms with Crippen molar-refractivity contribution in [2.45, 2.75) is 32.9 Å². The highest BCUT2D eigenvalue weighted by Crippen LogP contribution is 2.10. The van der Waals surface area contributed by atoms with Crippen LogP contribution in [-0.4, -0.2) is 11.7 Å². The van der Waals surface area contributed by atoms with Crippen molar-refractivity contribution in [3.63, 3.8) is 0 Å². The molecule has 120 valence electrons. The summed E-state index contributed by atoms with van der Waals surface area (Å²) in [5.74, 6) is 0. The van der Waals surface area contributed by atoms with Crippen molar-refractivity contribution in [1.29, 1.82) is 0 Å². The van der Waals surface area contributed by atoms with Crippen molar-refractivity contribution in [1.82, 2.24) is 5.32 Å². The standard InChI is InChI=1S/C20H23NO2/c1-20(2,3)23-19(22)21-15-18-13-11-17(12-14-18)10-9-16-7-5-4-6-8-16/h4-14H,15H2,1-3H3,(H,21,22)/b10-9+. The van der Waals surface area contributed by atoms with Crippen molar-refractivity contribution in [3.05, 3.63) is 71.3 Å². The number of carbonyl (C=O) groups excluding carboxylic acids is 1. The Morgan fingerprint density at radius 2 is 1.52 bits per heavy atom. The number of hydrogen-bond acceptors (Lipinski definition) is 2. The summed E-state index contributed by atoms with van der Waals surface area (Å²) in [5, 5.41) is 2.75. The fourth-order valence-electron chi connectivity index (χ4n) is 1.99. The summed E-state index contributed by atoms with van der Waals surface area (Å²) >= 11 is 0. The molecule has 3 heteroatoms. The Morgan fingerprint density at radius 3 is 2.09 bits per heavy atom. The fraction of sp³-hybridized carbons (Fsp3) is 0.250. The summed E-state index contributed by atoms with van der Waals surface area (Å²) in [6.07, 6.45) is 3.75. The molecular formula is C20H23NO2. The van der Waals surface area contributed by atoms with Gasteiger partial charge in [-0.25, -0.2) is 4.79 Å². The average Bonchev–Trinajstić information content (AvgIpc) is 2.51. The first-order chi connectivity index (χ1) is 10.9. The van der Waals surface area contributed by atoms with Crippen molar-refractivity contribution < 1.29 is 9.53 Å². The lowest BCUT2D eigenvalue weighted by Crippen LogP contribution is -2.32. The Bertz CT molecular complexity index is 652. The molecule has 2 rings (SSSR count). The van der Waals surface area contributed by atoms with E-state index in [0.717, 1.165) is 11.1 Å². The monoisotopic (exact) mass is 309 g/mol. The zero-order valence-electron chi connectivity index (χ0n) is 13.9. The van der Waals surface area contributed by atoms with Gasteiger partial charge in [0.25, 0.3) is 0 Å². The minimum Gasteiger partial charge on any atom is -0.444 e. The third-order valence-corrected chi connectivity index (χ3v) is 3.08. The number of nitrogens with one attached hydrogen (secondary N) is 1. The normalized spacial score (nSPS) is 11.4. The van der Waals surface area contributed by atoms with E-state index < -0.39 is 11.7 Å². The molecule has 0 aliphatic carbocycles. The number of ether oxygens (including phenoxy) is 1. The first kappa shape index (κ1) is 16.8. The van der Waals surface area contributed by atoms with E-state index >= 15 is 0 Å². The van der Waals surface area contributed by atoms with Gasteiger partial charge in [0.15, 0.2) is 0 Å². The number of amides is 1. The van der Waals surface area contributed by atoms with Crippen molar-refractivity contribution in [2.24, 2.45) is 0 Å². The summed E-state index contributed by atoms with van der Waals surface area (Å²) in [4.78, 5) is 11.6. The molecule has 0 fully saturated rings. The molecule has 0 unspecified atom stereocenters. The topological polar surface area (TPSA) is 38.3 Å². The number of alkyl carbamates (subject to hydrolysis) is 1. The van der Waals surface area contributed by atoms with Crippen LogP contribution < -0.4 is 5.32 Å². The van der Waals surface area contributed by atoms with Crippen LogP contribution in [0.1, 0.15) is 37.5 Å². The Labute approximate surface area is 138 Å². The van der Waals surface area contributed by atoms with Crippen LogP contribution in [0.3, 0.4) is 0 Å². The predicted molar refractivity (Wildman–Crippen MR) is 94.9 cm³/mol. The molecule has 0 bridgehead atoms. The van der Waals surface area contributed by atoms with Crippen LogP contribution in [0.4, 0.5) is 4.79 Å². The van der Waals surface area contributed by atoms with Crippen molar-refractivity contribution in [3.8, 4) is 0 Å². The molecule has 0 aliphatic heterocycles. The van der Waals surface area contributed by atoms with E-state index in [2.05, 4.69) is 29.6 Å². The predicted octanol–water partition coefficient (Wildman–Crippen LogP) is 4.88. The molecular weight excluding hydrogens is 286 g/mol. The van der Waals surface area contributed by atoms with Gasteiger partial charge in [-0.15, -0.1) is 0 Å². The number of carbonyl (C=O) groups is 1. The number of benzene rings is 2. The fourth-order valence-corrected chi connectivity index (χ4v) is 1.99. The summed E-state index contributed by atoms with van der Waals surface area (Å²) in [6, 6.07) is 18.2. The highest BCUT2D eigenvalue weighted by Gasteiger charge is 2.15. The van der Waals surface area contributed by atoms with Crippen LogP contribution in [0.15, 0.2) is 54.6 Å². The van der Waals surface area contributed by atoms with Crippen LogP contribution >= 0.6 is 0 Å². The molecule has 0 heterocycles. The smallest absolute Gasteiger partial charge is 0.407 e. The third-order valence-electron chi connectivity index (χ3n) is 3.08. The lowest BCUT2D eigenvalue weighted by Gasteiger charge is -2.19. The molecule has 2 aromatic carbocycles. The van der Waals surface area contributed by atoms with Gasteiger partial charge in [-0.3, -0.25) is 0 Å². The molecule has 0 atom stereocenters. The van der Waals surface area contributed by atoms with E-state index in [0.29, 0.717) is 6.54 Å². The van der Waals surface area contributed by atoms with E-state index in [-0.39, 0.29) is 0 Å². The van der Waals surface area contributed by atoms with E-state index in [4.69, 9.17) is 4.74 Å². The summed E-state index contributed by atoms with van der Waals surface area (Å²) in [6.45, 7) is 6.00. The molecule has 1 N–H and O–H groups in total. The Kier molecular flexibility index (Phi) is 5.58. The van der Waals surface area contributed by atoms with Gasteiger partial charge in [-0.1, -0.05) is 66.7 Å². The van der Waals surface area contributed by atoms with E-state index in [1.807, 2.05) is 63.2 Å². The van der Waals surface area contributed by atoms with E-state index in [1.54, 1.807) is 0 Å². The van der Waals surface area contributed by atoms with Crippen molar-refractivity contribution in [2.75, 3.05) is 0 Å². The SMILES string of the molecule is CC(C)(C)OC(=O)NCc1ccc(/C=C/c2ccccc2)cc1. The lowest BCUT2D eigenvalue weighted by molar-refractivity contribution is 0.0523. The Morgan fingerprint density at radius 1 is 0.957 bits per heavy atom. The maximum atomic E-state index is 11.6. The van der Waals surface area contributed by atoms with E-state index in [1.165, 1.54) is 5.56 Å². The molecule has 0 radical (unpaired) electrons. The molecule has 0 saturated heterocycles. The maximum absolute atomic E-state index is 11.6. The number of hydrogen-bond donors (Lipinski definition) is 1. The second-order valence-electron chi connectivity index (χ2n) is 6.34. The van der Waals surface area contributed by atoms with Gasteiger partial charge < -0.3 is 10.1 Å². The van der Waals surface area contributed by atoms with Gasteiger partial charge in [0, 0.05) is 6.54 Å². The van der Waals surface area contributed by atoms with Gasteiger partial charge in [0.05, 0.1) is 0 Å². The van der Waals surface area contributed by atoms with Gasteiger partial charge in [-0.05, 0) is 37.5 Å². The number of rotatable bonds is 4. The quantitative estimate of drug-likeness (QED) is 0.817. The van der Waals surface area contributed by atoms with Gasteiger partial charge >= 0.3 is 6.09 Å². The summed E-state index contributed by atoms with van der Waals surface area (Å²) < 4.78 is 5.21. The summed E-state index contributed by atoms with van der Waals surface area (Å²) in [5.41, 5.74) is 2.85. The maximum Gasteiger partial charge on any atom is 0.407 e. The Balaban J connectivity index is 1.87. The van der Waals surface area contributed by atoms with Crippen molar-refractivity contribution >= 4 is 18.2 Å². The lowest BCUT2D eigenvalue weighted by atomic mass is 10.1. The molecule has 0 aromatic heterocycles. The second-order valence-corrected chi connectivity index (χ2v) is 6.34. The third kappa shape index (κ3) is 6.39. The zero-order chi connectivity index (χ0) is 16.7. The first-order valence-corrected chi connectivity index (χ1v) is 7.71. The summed E-state index contributed by atoms with van der Waals surface area (Å²) in [7, 11) is 0. The Hall–Kier alpha value is -2.55. The van der Waals surface area contributed by atoms with Gasteiger partial charge in [0.1, 0.15) is 5.60 Å². The average molecular weight is 309 g/mol. The van der Waals surface area contributed by atoms with Crippen LogP contribution in [0.2, 0.25) is 0 Å². The van der Waals surface area contributed by atoms with E-state index in [9.17, 15) is 4.79 Å². The zero-order valence-corrected chi connectivity index (χ0v) is 13.9. The minimum atomic E-state index is -0.476. The second kappa shape index (κ2) is 7.63. The molecule has 0 aliphatic rings. The first-order valence-electron chi connectivity index (χ1n) is 7.71. The highest BCUT2D eigenvalue weighted by atomic mass is 16.6. The van der Waals surface area contributed by atoms with Gasteiger partial charge in [-0.2, -0.15) is 0 Å². The van der Waals surface area contributed by atoms with Crippen LogP contribution in [0.5, 0.6) is 0 Å². The van der Waals surface area contributed by atoms with Crippen LogP contribution in [0, 0.1) is 0 Å². The molecule has 0 spiro atoms. The molecule has 23 heavy (non-hydrogen) atoms.